The highest BCUT2D eigenvalue weighted by molar-refractivity contribution is 5.67. The number of nitrogens with zero attached hydrogens (tertiary/aromatic N) is 1. The van der Waals surface area contributed by atoms with Crippen molar-refractivity contribution in [2.45, 2.75) is 44.7 Å². The minimum Gasteiger partial charge on any atom is -0.481 e. The van der Waals surface area contributed by atoms with E-state index in [1.165, 1.54) is 31.2 Å². The van der Waals surface area contributed by atoms with Gasteiger partial charge in [0, 0.05) is 19.1 Å². The van der Waals surface area contributed by atoms with Crippen LogP contribution in [0.5, 0.6) is 0 Å². The van der Waals surface area contributed by atoms with E-state index in [-0.39, 0.29) is 6.04 Å². The molecule has 20 heavy (non-hydrogen) atoms. The molecule has 1 N–H and O–H groups in total. The summed E-state index contributed by atoms with van der Waals surface area (Å²) in [6.07, 6.45) is 5.39. The van der Waals surface area contributed by atoms with Gasteiger partial charge in [0.1, 0.15) is 0 Å². The monoisotopic (exact) mass is 273 g/mol. The molecule has 1 aliphatic heterocycles. The van der Waals surface area contributed by atoms with Crippen molar-refractivity contribution in [1.29, 1.82) is 0 Å². The van der Waals surface area contributed by atoms with E-state index in [1.807, 2.05) is 6.07 Å². The lowest BCUT2D eigenvalue weighted by Crippen LogP contribution is -2.34. The van der Waals surface area contributed by atoms with Gasteiger partial charge in [-0.3, -0.25) is 9.69 Å². The average Bonchev–Trinajstić information content (AvgIpc) is 2.78. The standard InChI is InChI=1S/C17H23NO2/c19-17(20)10-16-15-9-5-4-8-14(15)12-18(16)11-13-6-2-1-3-7-13/h1-3,6-7,14-16H,4-5,8-12H2,(H,19,20). The second-order valence-electron chi connectivity index (χ2n) is 6.29. The molecule has 0 bridgehead atoms. The summed E-state index contributed by atoms with van der Waals surface area (Å²) in [5.74, 6) is 0.666. The van der Waals surface area contributed by atoms with Crippen LogP contribution in [-0.2, 0) is 11.3 Å². The number of carboxylic acids is 1. The summed E-state index contributed by atoms with van der Waals surface area (Å²) in [6, 6.07) is 10.7. The number of carboxylic acid groups (broad SMARTS) is 1. The molecule has 108 valence electrons. The fraction of sp³-hybridized carbons (Fsp3) is 0.588. The van der Waals surface area contributed by atoms with Crippen LogP contribution >= 0.6 is 0 Å². The zero-order valence-electron chi connectivity index (χ0n) is 11.9. The Morgan fingerprint density at radius 2 is 1.95 bits per heavy atom. The van der Waals surface area contributed by atoms with Gasteiger partial charge >= 0.3 is 5.97 Å². The molecular formula is C17H23NO2. The van der Waals surface area contributed by atoms with Crippen LogP contribution in [0, 0.1) is 11.8 Å². The number of carbonyl (C=O) groups is 1. The SMILES string of the molecule is O=C(O)CC1C2CCCCC2CN1Cc1ccccc1. The second-order valence-corrected chi connectivity index (χ2v) is 6.29. The molecule has 1 aliphatic carbocycles. The van der Waals surface area contributed by atoms with Crippen molar-refractivity contribution in [3.63, 3.8) is 0 Å². The lowest BCUT2D eigenvalue weighted by Gasteiger charge is -2.29. The fourth-order valence-electron chi connectivity index (χ4n) is 4.14. The summed E-state index contributed by atoms with van der Waals surface area (Å²) in [7, 11) is 0. The highest BCUT2D eigenvalue weighted by atomic mass is 16.4. The van der Waals surface area contributed by atoms with Crippen molar-refractivity contribution in [2.75, 3.05) is 6.54 Å². The van der Waals surface area contributed by atoms with Crippen molar-refractivity contribution in [2.24, 2.45) is 11.8 Å². The van der Waals surface area contributed by atoms with Gasteiger partial charge in [-0.2, -0.15) is 0 Å². The van der Waals surface area contributed by atoms with Crippen LogP contribution in [0.25, 0.3) is 0 Å². The Labute approximate surface area is 120 Å². The summed E-state index contributed by atoms with van der Waals surface area (Å²) >= 11 is 0. The number of aliphatic carboxylic acids is 1. The first-order valence-electron chi connectivity index (χ1n) is 7.74. The fourth-order valence-corrected chi connectivity index (χ4v) is 4.14. The quantitative estimate of drug-likeness (QED) is 0.916. The van der Waals surface area contributed by atoms with E-state index in [4.69, 9.17) is 0 Å². The molecular weight excluding hydrogens is 250 g/mol. The first-order valence-corrected chi connectivity index (χ1v) is 7.74. The van der Waals surface area contributed by atoms with E-state index < -0.39 is 5.97 Å². The molecule has 3 rings (SSSR count). The second kappa shape index (κ2) is 5.96. The Bertz CT molecular complexity index is 459. The van der Waals surface area contributed by atoms with E-state index in [0.29, 0.717) is 12.3 Å². The number of fused-ring (bicyclic) bond motifs is 1. The average molecular weight is 273 g/mol. The smallest absolute Gasteiger partial charge is 0.304 e. The molecule has 1 saturated heterocycles. The Balaban J connectivity index is 1.75. The van der Waals surface area contributed by atoms with Crippen molar-refractivity contribution in [1.82, 2.24) is 4.90 Å². The van der Waals surface area contributed by atoms with Crippen LogP contribution < -0.4 is 0 Å². The molecule has 1 aromatic rings. The van der Waals surface area contributed by atoms with Gasteiger partial charge in [-0.05, 0) is 30.2 Å². The van der Waals surface area contributed by atoms with Gasteiger partial charge in [-0.25, -0.2) is 0 Å². The van der Waals surface area contributed by atoms with Gasteiger partial charge in [0.25, 0.3) is 0 Å². The van der Waals surface area contributed by atoms with Crippen molar-refractivity contribution in [3.05, 3.63) is 35.9 Å². The molecule has 0 amide bonds. The zero-order chi connectivity index (χ0) is 13.9. The molecule has 0 spiro atoms. The maximum absolute atomic E-state index is 11.2. The lowest BCUT2D eigenvalue weighted by atomic mass is 9.78. The molecule has 3 nitrogen and oxygen atoms in total. The third kappa shape index (κ3) is 2.88. The molecule has 0 aromatic heterocycles. The largest absolute Gasteiger partial charge is 0.481 e. The Morgan fingerprint density at radius 1 is 1.20 bits per heavy atom. The van der Waals surface area contributed by atoms with E-state index in [2.05, 4.69) is 29.2 Å². The molecule has 1 aromatic carbocycles. The van der Waals surface area contributed by atoms with Gasteiger partial charge in [0.05, 0.1) is 6.42 Å². The normalized spacial score (nSPS) is 30.1. The van der Waals surface area contributed by atoms with Crippen LogP contribution in [0.2, 0.25) is 0 Å². The van der Waals surface area contributed by atoms with Gasteiger partial charge in [-0.1, -0.05) is 43.2 Å². The molecule has 3 atom stereocenters. The van der Waals surface area contributed by atoms with Crippen LogP contribution in [0.1, 0.15) is 37.7 Å². The number of hydrogen-bond donors (Lipinski definition) is 1. The Morgan fingerprint density at radius 3 is 2.70 bits per heavy atom. The minimum absolute atomic E-state index is 0.234. The van der Waals surface area contributed by atoms with Gasteiger partial charge in [0.15, 0.2) is 0 Å². The first-order chi connectivity index (χ1) is 9.74. The highest BCUT2D eigenvalue weighted by Crippen LogP contribution is 2.42. The third-order valence-electron chi connectivity index (χ3n) is 5.01. The maximum Gasteiger partial charge on any atom is 0.304 e. The van der Waals surface area contributed by atoms with Crippen LogP contribution in [0.15, 0.2) is 30.3 Å². The Kier molecular flexibility index (Phi) is 4.06. The molecule has 2 aliphatic rings. The predicted octanol–water partition coefficient (Wildman–Crippen LogP) is 3.15. The lowest BCUT2D eigenvalue weighted by molar-refractivity contribution is -0.138. The van der Waals surface area contributed by atoms with Crippen LogP contribution in [-0.4, -0.2) is 28.6 Å². The summed E-state index contributed by atoms with van der Waals surface area (Å²) in [6.45, 7) is 1.98. The highest BCUT2D eigenvalue weighted by Gasteiger charge is 2.42. The summed E-state index contributed by atoms with van der Waals surface area (Å²) in [4.78, 5) is 13.6. The Hall–Kier alpha value is -1.35. The molecule has 3 heteroatoms. The van der Waals surface area contributed by atoms with Gasteiger partial charge < -0.3 is 5.11 Å². The molecule has 1 saturated carbocycles. The van der Waals surface area contributed by atoms with E-state index >= 15 is 0 Å². The zero-order valence-corrected chi connectivity index (χ0v) is 11.9. The molecule has 2 fully saturated rings. The summed E-state index contributed by atoms with van der Waals surface area (Å²) in [5, 5.41) is 9.22. The molecule has 0 radical (unpaired) electrons. The number of hydrogen-bond acceptors (Lipinski definition) is 2. The van der Waals surface area contributed by atoms with E-state index in [9.17, 15) is 9.90 Å². The summed E-state index contributed by atoms with van der Waals surface area (Å²) < 4.78 is 0. The maximum atomic E-state index is 11.2. The molecule has 1 heterocycles. The number of likely N-dealkylation sites (tertiary alicyclic amines) is 1. The van der Waals surface area contributed by atoms with Crippen molar-refractivity contribution in [3.8, 4) is 0 Å². The van der Waals surface area contributed by atoms with Crippen molar-refractivity contribution < 1.29 is 9.90 Å². The van der Waals surface area contributed by atoms with Crippen molar-refractivity contribution >= 4 is 5.97 Å². The van der Waals surface area contributed by atoms with Gasteiger partial charge in [-0.15, -0.1) is 0 Å². The predicted molar refractivity (Wildman–Crippen MR) is 78.3 cm³/mol. The van der Waals surface area contributed by atoms with Crippen LogP contribution in [0.3, 0.4) is 0 Å². The minimum atomic E-state index is -0.653. The topological polar surface area (TPSA) is 40.5 Å². The van der Waals surface area contributed by atoms with Gasteiger partial charge in [0.2, 0.25) is 0 Å². The van der Waals surface area contributed by atoms with E-state index in [0.717, 1.165) is 19.0 Å². The summed E-state index contributed by atoms with van der Waals surface area (Å²) in [5.41, 5.74) is 1.29. The number of benzene rings is 1. The number of rotatable bonds is 4. The van der Waals surface area contributed by atoms with Crippen LogP contribution in [0.4, 0.5) is 0 Å². The van der Waals surface area contributed by atoms with E-state index in [1.54, 1.807) is 0 Å². The first kappa shape index (κ1) is 13.6. The third-order valence-corrected chi connectivity index (χ3v) is 5.01. The molecule has 3 unspecified atom stereocenters.